The van der Waals surface area contributed by atoms with Crippen molar-refractivity contribution in [2.24, 2.45) is 0 Å². The van der Waals surface area contributed by atoms with Gasteiger partial charge in [0.05, 0.1) is 17.6 Å². The third kappa shape index (κ3) is 2.63. The molecule has 24 heavy (non-hydrogen) atoms. The van der Waals surface area contributed by atoms with E-state index in [2.05, 4.69) is 4.98 Å². The van der Waals surface area contributed by atoms with Crippen molar-refractivity contribution in [3.63, 3.8) is 0 Å². The zero-order valence-electron chi connectivity index (χ0n) is 12.6. The molecule has 0 radical (unpaired) electrons. The van der Waals surface area contributed by atoms with Crippen molar-refractivity contribution in [3.8, 4) is 5.75 Å². The number of H-pyrrole nitrogens is 1. The highest BCUT2D eigenvalue weighted by Gasteiger charge is 2.22. The summed E-state index contributed by atoms with van der Waals surface area (Å²) in [5.74, 6) is -0.851. The first-order chi connectivity index (χ1) is 11.5. The zero-order valence-corrected chi connectivity index (χ0v) is 12.6. The number of nitrogens with zero attached hydrogens (tertiary/aromatic N) is 1. The van der Waals surface area contributed by atoms with Crippen LogP contribution in [0.1, 0.15) is 20.7 Å². The van der Waals surface area contributed by atoms with Gasteiger partial charge in [-0.3, -0.25) is 19.7 Å². The molecule has 0 bridgehead atoms. The molecule has 0 atom stereocenters. The van der Waals surface area contributed by atoms with E-state index in [1.165, 1.54) is 37.6 Å². The Balaban J connectivity index is 1.96. The second-order valence-electron chi connectivity index (χ2n) is 5.08. The molecule has 120 valence electrons. The minimum atomic E-state index is -0.728. The van der Waals surface area contributed by atoms with Crippen LogP contribution >= 0.6 is 0 Å². The second-order valence-corrected chi connectivity index (χ2v) is 5.08. The number of ketones is 2. The van der Waals surface area contributed by atoms with Crippen molar-refractivity contribution >= 4 is 28.2 Å². The van der Waals surface area contributed by atoms with Gasteiger partial charge in [-0.2, -0.15) is 0 Å². The number of hydrogen-bond acceptors (Lipinski definition) is 5. The molecular formula is C17H12N2O5. The highest BCUT2D eigenvalue weighted by molar-refractivity contribution is 6.50. The van der Waals surface area contributed by atoms with Crippen molar-refractivity contribution in [1.82, 2.24) is 4.98 Å². The number of aromatic amines is 1. The third-order valence-electron chi connectivity index (χ3n) is 3.68. The topological polar surface area (TPSA) is 102 Å². The van der Waals surface area contributed by atoms with E-state index in [1.54, 1.807) is 18.2 Å². The van der Waals surface area contributed by atoms with Crippen LogP contribution < -0.4 is 4.74 Å². The Kier molecular flexibility index (Phi) is 3.83. The van der Waals surface area contributed by atoms with Crippen LogP contribution in [0.25, 0.3) is 10.9 Å². The first kappa shape index (κ1) is 15.4. The molecule has 0 unspecified atom stereocenters. The van der Waals surface area contributed by atoms with Gasteiger partial charge >= 0.3 is 0 Å². The van der Waals surface area contributed by atoms with E-state index in [1.807, 2.05) is 0 Å². The van der Waals surface area contributed by atoms with Crippen LogP contribution in [0.4, 0.5) is 5.69 Å². The SMILES string of the molecule is COc1ccc2[nH]cc(C(=O)C(=O)c3ccc([N+](=O)[O-])cc3)c2c1. The number of rotatable bonds is 5. The molecule has 7 heteroatoms. The Bertz CT molecular complexity index is 957. The number of non-ortho nitro benzene ring substituents is 1. The van der Waals surface area contributed by atoms with Crippen LogP contribution in [0.2, 0.25) is 0 Å². The zero-order chi connectivity index (χ0) is 17.3. The maximum Gasteiger partial charge on any atom is 0.269 e. The fraction of sp³-hybridized carbons (Fsp3) is 0.0588. The number of nitro groups is 1. The molecule has 3 rings (SSSR count). The van der Waals surface area contributed by atoms with Crippen molar-refractivity contribution in [1.29, 1.82) is 0 Å². The highest BCUT2D eigenvalue weighted by atomic mass is 16.6. The maximum atomic E-state index is 12.5. The fourth-order valence-electron chi connectivity index (χ4n) is 2.40. The van der Waals surface area contributed by atoms with Gasteiger partial charge < -0.3 is 9.72 Å². The molecule has 0 saturated heterocycles. The molecule has 0 aliphatic rings. The summed E-state index contributed by atoms with van der Waals surface area (Å²) >= 11 is 0. The van der Waals surface area contributed by atoms with E-state index in [9.17, 15) is 19.7 Å². The van der Waals surface area contributed by atoms with E-state index in [4.69, 9.17) is 4.74 Å². The minimum absolute atomic E-state index is 0.0999. The normalized spacial score (nSPS) is 10.5. The first-order valence-corrected chi connectivity index (χ1v) is 7.00. The molecule has 0 saturated carbocycles. The summed E-state index contributed by atoms with van der Waals surface area (Å²) in [6.45, 7) is 0. The van der Waals surface area contributed by atoms with Gasteiger partial charge in [-0.15, -0.1) is 0 Å². The van der Waals surface area contributed by atoms with Gasteiger partial charge in [0.25, 0.3) is 5.69 Å². The number of fused-ring (bicyclic) bond motifs is 1. The second kappa shape index (κ2) is 5.96. The summed E-state index contributed by atoms with van der Waals surface area (Å²) in [6.07, 6.45) is 1.47. The number of carbonyl (C=O) groups is 2. The summed E-state index contributed by atoms with van der Waals surface area (Å²) in [6, 6.07) is 10.1. The van der Waals surface area contributed by atoms with Gasteiger partial charge in [-0.25, -0.2) is 0 Å². The average molecular weight is 324 g/mol. The van der Waals surface area contributed by atoms with Crippen molar-refractivity contribution in [2.45, 2.75) is 0 Å². The molecule has 1 heterocycles. The molecule has 0 aliphatic carbocycles. The number of Topliss-reactive ketones (excluding diaryl/α,β-unsaturated/α-hetero) is 2. The standard InChI is InChI=1S/C17H12N2O5/c1-24-12-6-7-15-13(8-12)14(9-18-15)17(21)16(20)10-2-4-11(5-3-10)19(22)23/h2-9,18H,1H3. The van der Waals surface area contributed by atoms with Gasteiger partial charge in [0.2, 0.25) is 11.6 Å². The quantitative estimate of drug-likeness (QED) is 0.336. The number of aromatic nitrogens is 1. The lowest BCUT2D eigenvalue weighted by atomic mass is 10.0. The van der Waals surface area contributed by atoms with Gasteiger partial charge in [0.15, 0.2) is 0 Å². The number of benzene rings is 2. The lowest BCUT2D eigenvalue weighted by molar-refractivity contribution is -0.384. The van der Waals surface area contributed by atoms with Crippen LogP contribution in [-0.4, -0.2) is 28.6 Å². The van der Waals surface area contributed by atoms with Crippen LogP contribution in [0, 0.1) is 10.1 Å². The minimum Gasteiger partial charge on any atom is -0.497 e. The van der Waals surface area contributed by atoms with Crippen LogP contribution in [0.3, 0.4) is 0 Å². The van der Waals surface area contributed by atoms with Crippen molar-refractivity contribution < 1.29 is 19.2 Å². The molecule has 3 aromatic rings. The average Bonchev–Trinajstić information content (AvgIpc) is 3.03. The number of hydrogen-bond donors (Lipinski definition) is 1. The predicted octanol–water partition coefficient (Wildman–Crippen LogP) is 3.15. The first-order valence-electron chi connectivity index (χ1n) is 7.00. The Morgan fingerprint density at radius 1 is 1.08 bits per heavy atom. The summed E-state index contributed by atoms with van der Waals surface area (Å²) in [7, 11) is 1.51. The third-order valence-corrected chi connectivity index (χ3v) is 3.68. The van der Waals surface area contributed by atoms with Gasteiger partial charge in [0, 0.05) is 34.8 Å². The maximum absolute atomic E-state index is 12.5. The Labute approximate surface area is 136 Å². The highest BCUT2D eigenvalue weighted by Crippen LogP contribution is 2.25. The molecule has 2 aromatic carbocycles. The predicted molar refractivity (Wildman–Crippen MR) is 86.6 cm³/mol. The molecule has 1 aromatic heterocycles. The fourth-order valence-corrected chi connectivity index (χ4v) is 2.40. The molecule has 0 aliphatic heterocycles. The summed E-state index contributed by atoms with van der Waals surface area (Å²) in [4.78, 5) is 37.9. The van der Waals surface area contributed by atoms with E-state index < -0.39 is 16.5 Å². The Morgan fingerprint density at radius 2 is 1.79 bits per heavy atom. The molecule has 1 N–H and O–H groups in total. The number of nitrogens with one attached hydrogen (secondary N) is 1. The number of nitro benzene ring substituents is 1. The Hall–Kier alpha value is -3.48. The van der Waals surface area contributed by atoms with Crippen LogP contribution in [0.15, 0.2) is 48.7 Å². The Morgan fingerprint density at radius 3 is 2.42 bits per heavy atom. The molecule has 7 nitrogen and oxygen atoms in total. The largest absolute Gasteiger partial charge is 0.497 e. The molecule has 0 fully saturated rings. The van der Waals surface area contributed by atoms with Crippen molar-refractivity contribution in [2.75, 3.05) is 7.11 Å². The van der Waals surface area contributed by atoms with E-state index in [-0.39, 0.29) is 16.8 Å². The van der Waals surface area contributed by atoms with E-state index >= 15 is 0 Å². The van der Waals surface area contributed by atoms with E-state index in [0.29, 0.717) is 16.7 Å². The molecular weight excluding hydrogens is 312 g/mol. The van der Waals surface area contributed by atoms with Gasteiger partial charge in [-0.05, 0) is 30.3 Å². The number of ether oxygens (including phenoxy) is 1. The van der Waals surface area contributed by atoms with Crippen LogP contribution in [0.5, 0.6) is 5.75 Å². The molecule has 0 amide bonds. The number of carbonyl (C=O) groups excluding carboxylic acids is 2. The summed E-state index contributed by atoms with van der Waals surface area (Å²) < 4.78 is 5.13. The summed E-state index contributed by atoms with van der Waals surface area (Å²) in [5, 5.41) is 11.2. The van der Waals surface area contributed by atoms with Crippen molar-refractivity contribution in [3.05, 3.63) is 69.9 Å². The van der Waals surface area contributed by atoms with E-state index in [0.717, 1.165) is 0 Å². The van der Waals surface area contributed by atoms with Crippen LogP contribution in [-0.2, 0) is 0 Å². The summed E-state index contributed by atoms with van der Waals surface area (Å²) in [5.41, 5.74) is 0.890. The smallest absolute Gasteiger partial charge is 0.269 e. The lowest BCUT2D eigenvalue weighted by Gasteiger charge is -2.02. The lowest BCUT2D eigenvalue weighted by Crippen LogP contribution is -2.14. The van der Waals surface area contributed by atoms with Gasteiger partial charge in [-0.1, -0.05) is 0 Å². The monoisotopic (exact) mass is 324 g/mol. The van der Waals surface area contributed by atoms with Gasteiger partial charge in [0.1, 0.15) is 5.75 Å². The number of methoxy groups -OCH3 is 1. The molecule has 0 spiro atoms.